The molecule has 0 atom stereocenters. The molecule has 1 aliphatic carbocycles. The highest BCUT2D eigenvalue weighted by Gasteiger charge is 2.26. The van der Waals surface area contributed by atoms with Gasteiger partial charge in [-0.2, -0.15) is 0 Å². The van der Waals surface area contributed by atoms with Crippen molar-refractivity contribution >= 4 is 15.9 Å². The predicted octanol–water partition coefficient (Wildman–Crippen LogP) is 4.63. The lowest BCUT2D eigenvalue weighted by molar-refractivity contribution is 0.0631. The number of likely N-dealkylation sites (tertiary alicyclic amines) is 1. The molecular weight excluding hydrogens is 314 g/mol. The Balaban J connectivity index is 1.47. The lowest BCUT2D eigenvalue weighted by atomic mass is 9.92. The monoisotopic (exact) mass is 337 g/mol. The van der Waals surface area contributed by atoms with Crippen molar-refractivity contribution in [1.82, 2.24) is 4.90 Å². The van der Waals surface area contributed by atoms with Gasteiger partial charge >= 0.3 is 0 Å². The summed E-state index contributed by atoms with van der Waals surface area (Å²) in [6.45, 7) is 2.43. The fourth-order valence-electron chi connectivity index (χ4n) is 3.51. The molecule has 2 fully saturated rings. The molecule has 1 saturated heterocycles. The SMILES string of the molecule is Brc1ccc(OC2CCN(C3CCCCC3)CC2)cc1. The minimum Gasteiger partial charge on any atom is -0.490 e. The van der Waals surface area contributed by atoms with Crippen molar-refractivity contribution in [2.24, 2.45) is 0 Å². The van der Waals surface area contributed by atoms with Gasteiger partial charge < -0.3 is 9.64 Å². The Bertz CT molecular complexity index is 406. The Kier molecular flexibility index (Phi) is 5.00. The Labute approximate surface area is 130 Å². The quantitative estimate of drug-likeness (QED) is 0.797. The van der Waals surface area contributed by atoms with Gasteiger partial charge in [-0.1, -0.05) is 35.2 Å². The fraction of sp³-hybridized carbons (Fsp3) is 0.647. The normalized spacial score (nSPS) is 22.9. The van der Waals surface area contributed by atoms with Crippen LogP contribution in [0.1, 0.15) is 44.9 Å². The van der Waals surface area contributed by atoms with Crippen LogP contribution in [0.5, 0.6) is 5.75 Å². The van der Waals surface area contributed by atoms with E-state index < -0.39 is 0 Å². The average molecular weight is 338 g/mol. The van der Waals surface area contributed by atoms with Crippen LogP contribution < -0.4 is 4.74 Å². The topological polar surface area (TPSA) is 12.5 Å². The van der Waals surface area contributed by atoms with Gasteiger partial charge in [0.1, 0.15) is 11.9 Å². The van der Waals surface area contributed by atoms with Crippen molar-refractivity contribution in [2.75, 3.05) is 13.1 Å². The van der Waals surface area contributed by atoms with Crippen molar-refractivity contribution in [3.63, 3.8) is 0 Å². The summed E-state index contributed by atoms with van der Waals surface area (Å²) in [6.07, 6.45) is 9.88. The number of ether oxygens (including phenoxy) is 1. The molecule has 0 unspecified atom stereocenters. The molecular formula is C17H24BrNO. The van der Waals surface area contributed by atoms with E-state index in [9.17, 15) is 0 Å². The fourth-order valence-corrected chi connectivity index (χ4v) is 3.77. The van der Waals surface area contributed by atoms with E-state index in [0.717, 1.165) is 16.3 Å². The van der Waals surface area contributed by atoms with Gasteiger partial charge in [-0.3, -0.25) is 0 Å². The van der Waals surface area contributed by atoms with Gasteiger partial charge in [0.2, 0.25) is 0 Å². The van der Waals surface area contributed by atoms with E-state index in [4.69, 9.17) is 4.74 Å². The first kappa shape index (κ1) is 14.4. The van der Waals surface area contributed by atoms with Crippen LogP contribution in [0.4, 0.5) is 0 Å². The van der Waals surface area contributed by atoms with Crippen molar-refractivity contribution in [3.8, 4) is 5.75 Å². The van der Waals surface area contributed by atoms with E-state index in [2.05, 4.69) is 33.0 Å². The Morgan fingerprint density at radius 2 is 1.55 bits per heavy atom. The molecule has 0 radical (unpaired) electrons. The molecule has 3 heteroatoms. The molecule has 0 amide bonds. The lowest BCUT2D eigenvalue weighted by Gasteiger charge is -2.39. The predicted molar refractivity (Wildman–Crippen MR) is 86.2 cm³/mol. The minimum atomic E-state index is 0.399. The van der Waals surface area contributed by atoms with Crippen LogP contribution in [0.25, 0.3) is 0 Å². The second-order valence-electron chi connectivity index (χ2n) is 6.10. The second kappa shape index (κ2) is 6.95. The van der Waals surface area contributed by atoms with Crippen LogP contribution >= 0.6 is 15.9 Å². The van der Waals surface area contributed by atoms with Crippen molar-refractivity contribution in [2.45, 2.75) is 57.1 Å². The highest BCUT2D eigenvalue weighted by molar-refractivity contribution is 9.10. The third-order valence-electron chi connectivity index (χ3n) is 4.68. The van der Waals surface area contributed by atoms with Gasteiger partial charge in [0.25, 0.3) is 0 Å². The highest BCUT2D eigenvalue weighted by atomic mass is 79.9. The van der Waals surface area contributed by atoms with Crippen LogP contribution in [0.3, 0.4) is 0 Å². The van der Waals surface area contributed by atoms with E-state index in [1.165, 1.54) is 58.0 Å². The molecule has 1 aliphatic heterocycles. The summed E-state index contributed by atoms with van der Waals surface area (Å²) in [4.78, 5) is 2.71. The molecule has 0 aromatic heterocycles. The Morgan fingerprint density at radius 1 is 0.900 bits per heavy atom. The largest absolute Gasteiger partial charge is 0.490 e. The summed E-state index contributed by atoms with van der Waals surface area (Å²) >= 11 is 3.46. The smallest absolute Gasteiger partial charge is 0.119 e. The van der Waals surface area contributed by atoms with Gasteiger partial charge in [-0.25, -0.2) is 0 Å². The molecule has 3 rings (SSSR count). The Hall–Kier alpha value is -0.540. The maximum absolute atomic E-state index is 6.10. The molecule has 2 nitrogen and oxygen atoms in total. The molecule has 1 aromatic carbocycles. The van der Waals surface area contributed by atoms with Crippen LogP contribution in [-0.2, 0) is 0 Å². The first-order valence-electron chi connectivity index (χ1n) is 7.97. The molecule has 0 bridgehead atoms. The molecule has 110 valence electrons. The summed E-state index contributed by atoms with van der Waals surface area (Å²) in [6, 6.07) is 9.06. The van der Waals surface area contributed by atoms with Crippen molar-refractivity contribution < 1.29 is 4.74 Å². The summed E-state index contributed by atoms with van der Waals surface area (Å²) in [5.74, 6) is 1.00. The van der Waals surface area contributed by atoms with Gasteiger partial charge in [-0.15, -0.1) is 0 Å². The molecule has 0 spiro atoms. The zero-order chi connectivity index (χ0) is 13.8. The zero-order valence-corrected chi connectivity index (χ0v) is 13.6. The average Bonchev–Trinajstić information content (AvgIpc) is 2.51. The molecule has 20 heavy (non-hydrogen) atoms. The number of piperidine rings is 1. The van der Waals surface area contributed by atoms with Crippen LogP contribution in [-0.4, -0.2) is 30.1 Å². The van der Waals surface area contributed by atoms with E-state index >= 15 is 0 Å². The zero-order valence-electron chi connectivity index (χ0n) is 12.1. The van der Waals surface area contributed by atoms with Crippen LogP contribution in [0.2, 0.25) is 0 Å². The summed E-state index contributed by atoms with van der Waals surface area (Å²) in [5.41, 5.74) is 0. The number of hydrogen-bond acceptors (Lipinski definition) is 2. The highest BCUT2D eigenvalue weighted by Crippen LogP contribution is 2.27. The molecule has 2 aliphatic rings. The van der Waals surface area contributed by atoms with E-state index in [-0.39, 0.29) is 0 Å². The van der Waals surface area contributed by atoms with Crippen molar-refractivity contribution in [1.29, 1.82) is 0 Å². The first-order chi connectivity index (χ1) is 9.81. The summed E-state index contributed by atoms with van der Waals surface area (Å²) in [7, 11) is 0. The lowest BCUT2D eigenvalue weighted by Crippen LogP contribution is -2.44. The number of rotatable bonds is 3. The standard InChI is InChI=1S/C17H24BrNO/c18-14-6-8-16(9-7-14)20-17-10-12-19(13-11-17)15-4-2-1-3-5-15/h6-9,15,17H,1-5,10-13H2. The molecule has 0 N–H and O–H groups in total. The Morgan fingerprint density at radius 3 is 2.20 bits per heavy atom. The molecule has 1 aromatic rings. The maximum Gasteiger partial charge on any atom is 0.119 e. The van der Waals surface area contributed by atoms with E-state index in [1.54, 1.807) is 0 Å². The van der Waals surface area contributed by atoms with E-state index in [0.29, 0.717) is 6.10 Å². The first-order valence-corrected chi connectivity index (χ1v) is 8.77. The number of hydrogen-bond donors (Lipinski definition) is 0. The van der Waals surface area contributed by atoms with Crippen LogP contribution in [0, 0.1) is 0 Å². The van der Waals surface area contributed by atoms with Gasteiger partial charge in [-0.05, 0) is 49.9 Å². The van der Waals surface area contributed by atoms with Crippen molar-refractivity contribution in [3.05, 3.63) is 28.7 Å². The minimum absolute atomic E-state index is 0.399. The number of benzene rings is 1. The summed E-state index contributed by atoms with van der Waals surface area (Å²) in [5, 5.41) is 0. The summed E-state index contributed by atoms with van der Waals surface area (Å²) < 4.78 is 7.21. The molecule has 1 heterocycles. The maximum atomic E-state index is 6.10. The van der Waals surface area contributed by atoms with Gasteiger partial charge in [0, 0.05) is 23.6 Å². The van der Waals surface area contributed by atoms with Crippen LogP contribution in [0.15, 0.2) is 28.7 Å². The number of halogens is 1. The molecule has 1 saturated carbocycles. The third kappa shape index (κ3) is 3.76. The number of nitrogens with zero attached hydrogens (tertiary/aromatic N) is 1. The van der Waals surface area contributed by atoms with E-state index in [1.807, 2.05) is 12.1 Å². The van der Waals surface area contributed by atoms with Gasteiger partial charge in [0.05, 0.1) is 0 Å². The second-order valence-corrected chi connectivity index (χ2v) is 7.01. The third-order valence-corrected chi connectivity index (χ3v) is 5.21. The van der Waals surface area contributed by atoms with Gasteiger partial charge in [0.15, 0.2) is 0 Å².